The zero-order valence-corrected chi connectivity index (χ0v) is 12.3. The summed E-state index contributed by atoms with van der Waals surface area (Å²) in [5.41, 5.74) is 0. The number of carbonyl (C=O) groups is 1. The molecule has 1 aliphatic rings. The Morgan fingerprint density at radius 2 is 1.84 bits per heavy atom. The van der Waals surface area contributed by atoms with Gasteiger partial charge >= 0.3 is 13.6 Å². The van der Waals surface area contributed by atoms with E-state index in [1.54, 1.807) is 26.0 Å². The molecule has 1 rings (SSSR count). The fourth-order valence-electron chi connectivity index (χ4n) is 2.20. The number of hydrogen-bond acceptors (Lipinski definition) is 4. The van der Waals surface area contributed by atoms with Crippen LogP contribution in [0.3, 0.4) is 0 Å². The monoisotopic (exact) mass is 292 g/mol. The van der Waals surface area contributed by atoms with E-state index in [-0.39, 0.29) is 24.9 Å². The van der Waals surface area contributed by atoms with Gasteiger partial charge in [-0.3, -0.25) is 9.36 Å². The first kappa shape index (κ1) is 16.4. The van der Waals surface area contributed by atoms with Gasteiger partial charge in [-0.1, -0.05) is 19.9 Å². The van der Waals surface area contributed by atoms with Crippen LogP contribution in [-0.4, -0.2) is 33.3 Å². The van der Waals surface area contributed by atoms with Crippen molar-refractivity contribution in [2.24, 2.45) is 0 Å². The molecule has 0 spiro atoms. The van der Waals surface area contributed by atoms with E-state index < -0.39 is 19.0 Å². The topological polar surface area (TPSA) is 93.1 Å². The largest absolute Gasteiger partial charge is 0.458 e. The molecule has 2 atom stereocenters. The van der Waals surface area contributed by atoms with Crippen LogP contribution < -0.4 is 0 Å². The van der Waals surface area contributed by atoms with E-state index in [0.29, 0.717) is 6.42 Å². The zero-order chi connectivity index (χ0) is 14.7. The SMILES string of the molecule is CCC(CC)(O[C@@H]1C=C[C@H](OC(C)=O)C1)P(=O)(O)O. The quantitative estimate of drug-likeness (QED) is 0.441. The average molecular weight is 292 g/mol. The smallest absolute Gasteiger partial charge is 0.357 e. The number of ether oxygens (including phenoxy) is 2. The van der Waals surface area contributed by atoms with E-state index in [4.69, 9.17) is 9.47 Å². The summed E-state index contributed by atoms with van der Waals surface area (Å²) in [4.78, 5) is 29.8. The molecule has 0 saturated heterocycles. The van der Waals surface area contributed by atoms with Crippen molar-refractivity contribution in [1.82, 2.24) is 0 Å². The minimum Gasteiger partial charge on any atom is -0.458 e. The molecular weight excluding hydrogens is 271 g/mol. The van der Waals surface area contributed by atoms with Gasteiger partial charge in [0.2, 0.25) is 0 Å². The molecule has 0 saturated carbocycles. The molecule has 2 N–H and O–H groups in total. The van der Waals surface area contributed by atoms with Crippen molar-refractivity contribution in [2.75, 3.05) is 0 Å². The summed E-state index contributed by atoms with van der Waals surface area (Å²) in [5, 5.41) is -1.47. The normalized spacial score (nSPS) is 23.6. The van der Waals surface area contributed by atoms with Gasteiger partial charge in [0.25, 0.3) is 0 Å². The maximum Gasteiger partial charge on any atom is 0.357 e. The van der Waals surface area contributed by atoms with E-state index in [1.165, 1.54) is 6.92 Å². The lowest BCUT2D eigenvalue weighted by atomic mass is 10.2. The van der Waals surface area contributed by atoms with Crippen molar-refractivity contribution in [3.05, 3.63) is 12.2 Å². The Labute approximate surface area is 112 Å². The standard InChI is InChI=1S/C12H21O6P/c1-4-12(5-2,19(14,15)16)18-11-7-6-10(8-11)17-9(3)13/h6-7,10-11H,4-5,8H2,1-3H3,(H2,14,15,16)/t10-,11+/m0/s1. The lowest BCUT2D eigenvalue weighted by molar-refractivity contribution is -0.145. The fourth-order valence-corrected chi connectivity index (χ4v) is 3.30. The molecule has 7 heteroatoms. The third kappa shape index (κ3) is 3.89. The minimum absolute atomic E-state index is 0.219. The Morgan fingerprint density at radius 1 is 1.32 bits per heavy atom. The summed E-state index contributed by atoms with van der Waals surface area (Å²) >= 11 is 0. The van der Waals surface area contributed by atoms with Gasteiger partial charge in [0, 0.05) is 13.3 Å². The van der Waals surface area contributed by atoms with Gasteiger partial charge in [-0.25, -0.2) is 0 Å². The first-order valence-corrected chi connectivity index (χ1v) is 7.94. The highest BCUT2D eigenvalue weighted by atomic mass is 31.2. The van der Waals surface area contributed by atoms with Crippen LogP contribution in [0, 0.1) is 0 Å². The molecule has 110 valence electrons. The molecule has 0 bridgehead atoms. The molecule has 1 aliphatic carbocycles. The van der Waals surface area contributed by atoms with Gasteiger partial charge in [0.1, 0.15) is 6.10 Å². The zero-order valence-electron chi connectivity index (χ0n) is 11.4. The first-order chi connectivity index (χ1) is 8.74. The second-order valence-electron chi connectivity index (χ2n) is 4.62. The van der Waals surface area contributed by atoms with Gasteiger partial charge in [-0.2, -0.15) is 0 Å². The Balaban J connectivity index is 2.71. The number of esters is 1. The summed E-state index contributed by atoms with van der Waals surface area (Å²) in [6.45, 7) is 4.69. The Hall–Kier alpha value is -0.680. The van der Waals surface area contributed by atoms with Crippen LogP contribution in [0.1, 0.15) is 40.0 Å². The Bertz CT molecular complexity index is 395. The Kier molecular flexibility index (Phi) is 5.33. The van der Waals surface area contributed by atoms with Crippen molar-refractivity contribution < 1.29 is 28.6 Å². The minimum atomic E-state index is -4.37. The number of rotatable bonds is 6. The van der Waals surface area contributed by atoms with Crippen LogP contribution in [0.15, 0.2) is 12.2 Å². The highest BCUT2D eigenvalue weighted by molar-refractivity contribution is 7.53. The molecule has 19 heavy (non-hydrogen) atoms. The lowest BCUT2D eigenvalue weighted by Gasteiger charge is -2.34. The molecule has 0 radical (unpaired) electrons. The molecular formula is C12H21O6P. The molecule has 0 unspecified atom stereocenters. The van der Waals surface area contributed by atoms with Crippen molar-refractivity contribution in [3.8, 4) is 0 Å². The molecule has 0 heterocycles. The van der Waals surface area contributed by atoms with E-state index in [2.05, 4.69) is 0 Å². The lowest BCUT2D eigenvalue weighted by Crippen LogP contribution is -2.35. The van der Waals surface area contributed by atoms with E-state index in [9.17, 15) is 19.1 Å². The van der Waals surface area contributed by atoms with Crippen LogP contribution >= 0.6 is 7.60 Å². The van der Waals surface area contributed by atoms with Crippen molar-refractivity contribution >= 4 is 13.6 Å². The average Bonchev–Trinajstić information content (AvgIpc) is 2.70. The summed E-state index contributed by atoms with van der Waals surface area (Å²) < 4.78 is 22.3. The first-order valence-electron chi connectivity index (χ1n) is 6.33. The van der Waals surface area contributed by atoms with Gasteiger partial charge in [-0.15, -0.1) is 0 Å². The second-order valence-corrected chi connectivity index (χ2v) is 6.53. The van der Waals surface area contributed by atoms with E-state index >= 15 is 0 Å². The third-order valence-electron chi connectivity index (χ3n) is 3.33. The fraction of sp³-hybridized carbons (Fsp3) is 0.750. The molecule has 6 nitrogen and oxygen atoms in total. The summed E-state index contributed by atoms with van der Waals surface area (Å²) in [5.74, 6) is -0.387. The van der Waals surface area contributed by atoms with E-state index in [1.807, 2.05) is 0 Å². The summed E-state index contributed by atoms with van der Waals surface area (Å²) in [7, 11) is -4.37. The number of carbonyl (C=O) groups excluding carboxylic acids is 1. The van der Waals surface area contributed by atoms with Crippen molar-refractivity contribution in [3.63, 3.8) is 0 Å². The molecule has 0 aromatic rings. The number of hydrogen-bond donors (Lipinski definition) is 2. The van der Waals surface area contributed by atoms with Gasteiger partial charge in [-0.05, 0) is 18.9 Å². The van der Waals surface area contributed by atoms with Gasteiger partial charge < -0.3 is 19.3 Å². The summed E-state index contributed by atoms with van der Waals surface area (Å²) in [6, 6.07) is 0. The molecule has 0 aromatic heterocycles. The van der Waals surface area contributed by atoms with Crippen LogP contribution in [0.2, 0.25) is 0 Å². The third-order valence-corrected chi connectivity index (χ3v) is 5.13. The predicted octanol–water partition coefficient (Wildman–Crippen LogP) is 1.96. The van der Waals surface area contributed by atoms with Crippen molar-refractivity contribution in [1.29, 1.82) is 0 Å². The van der Waals surface area contributed by atoms with Crippen LogP contribution in [0.4, 0.5) is 0 Å². The van der Waals surface area contributed by atoms with Crippen LogP contribution in [0.5, 0.6) is 0 Å². The van der Waals surface area contributed by atoms with Crippen molar-refractivity contribution in [2.45, 2.75) is 57.6 Å². The molecule has 0 fully saturated rings. The molecule has 0 amide bonds. The predicted molar refractivity (Wildman–Crippen MR) is 69.5 cm³/mol. The van der Waals surface area contributed by atoms with Gasteiger partial charge in [0.15, 0.2) is 5.34 Å². The highest BCUT2D eigenvalue weighted by Crippen LogP contribution is 2.56. The van der Waals surface area contributed by atoms with E-state index in [0.717, 1.165) is 0 Å². The summed E-state index contributed by atoms with van der Waals surface area (Å²) in [6.07, 6.45) is 3.36. The van der Waals surface area contributed by atoms with Crippen LogP contribution in [0.25, 0.3) is 0 Å². The van der Waals surface area contributed by atoms with Crippen LogP contribution in [-0.2, 0) is 18.8 Å². The maximum absolute atomic E-state index is 11.6. The Morgan fingerprint density at radius 3 is 2.26 bits per heavy atom. The second kappa shape index (κ2) is 6.18. The van der Waals surface area contributed by atoms with Gasteiger partial charge in [0.05, 0.1) is 6.10 Å². The molecule has 0 aromatic carbocycles. The highest BCUT2D eigenvalue weighted by Gasteiger charge is 2.47. The maximum atomic E-state index is 11.6. The molecule has 0 aliphatic heterocycles.